The molecule has 0 saturated heterocycles. The van der Waals surface area contributed by atoms with Crippen LogP contribution >= 0.6 is 22.9 Å². The Morgan fingerprint density at radius 3 is 1.42 bits per heavy atom. The van der Waals surface area contributed by atoms with E-state index in [4.69, 9.17) is 50.5 Å². The number of hydrogen-bond donors (Lipinski definition) is 9. The smallest absolute Gasteiger partial charge is 0.245 e. The maximum atomic E-state index is 13.5. The van der Waals surface area contributed by atoms with Crippen LogP contribution in [-0.2, 0) is 22.7 Å². The molecule has 2 fully saturated rings. The van der Waals surface area contributed by atoms with Crippen LogP contribution < -0.4 is 50.0 Å². The Morgan fingerprint density at radius 1 is 0.496 bits per heavy atom. The van der Waals surface area contributed by atoms with Crippen molar-refractivity contribution in [3.05, 3.63) is 216 Å². The summed E-state index contributed by atoms with van der Waals surface area (Å²) in [5.74, 6) is 0.495. The van der Waals surface area contributed by atoms with Crippen molar-refractivity contribution in [1.82, 2.24) is 81.1 Å². The van der Waals surface area contributed by atoms with Gasteiger partial charge in [0.2, 0.25) is 11.8 Å². The second kappa shape index (κ2) is 50.1. The zero-order chi connectivity index (χ0) is 97.8. The number of benzene rings is 6. The lowest BCUT2D eigenvalue weighted by Gasteiger charge is -2.33. The molecule has 0 spiro atoms. The molecule has 7 aromatic heterocycles. The molecule has 2 aliphatic rings. The fourth-order valence-electron chi connectivity index (χ4n) is 15.8. The van der Waals surface area contributed by atoms with Crippen LogP contribution in [0.3, 0.4) is 0 Å². The Morgan fingerprint density at radius 2 is 0.949 bits per heavy atom. The number of H-pyrrole nitrogens is 1. The molecule has 137 heavy (non-hydrogen) atoms. The van der Waals surface area contributed by atoms with Crippen LogP contribution in [0.25, 0.3) is 101 Å². The third kappa shape index (κ3) is 31.4. The zero-order valence-corrected chi connectivity index (χ0v) is 81.6. The first-order valence-corrected chi connectivity index (χ1v) is 49.1. The number of fused-ring (bicyclic) bond motifs is 1. The first kappa shape index (κ1) is 104. The number of thiazole rings is 1. The summed E-state index contributed by atoms with van der Waals surface area (Å²) in [5, 5.41) is 56.0. The number of aliphatic hydroxyl groups is 4. The van der Waals surface area contributed by atoms with E-state index in [9.17, 15) is 46.4 Å². The van der Waals surface area contributed by atoms with Crippen molar-refractivity contribution in [3.8, 4) is 113 Å². The number of rotatable bonds is 39. The minimum atomic E-state index is -3.36. The van der Waals surface area contributed by atoms with Crippen molar-refractivity contribution in [1.29, 1.82) is 0 Å². The SMILES string of the molecule is CNCC(O)COc1cc(Cl)cc(-c2nc(-c3c[nH]c4ccccc34)c(C)c(N(C)C3CCCCC3)n2)c1.CNCC(O)COc1cccc(-c2nc(-c3nc(C)cs3)cc(N(C)C3CCCCC3)n2)c1.CNCC(O)COc1cccc(-c2nc(CCC(C)(F)F)cc(-c3ccc(S(C)(=O)=O)cc3)n2)c1.CNCC(O)COc1cccc(-c2nc(CCC(C)(F)F)cc(-c3cncnc3)n2)c1. The number of aromatic amines is 1. The number of nitrogens with zero attached hydrogens (tertiary/aromatic N) is 13. The number of para-hydroxylation sites is 1. The van der Waals surface area contributed by atoms with Gasteiger partial charge in [-0.1, -0.05) is 117 Å². The van der Waals surface area contributed by atoms with Crippen LogP contribution in [0, 0.1) is 13.8 Å². The summed E-state index contributed by atoms with van der Waals surface area (Å²) in [6.45, 7) is 8.19. The van der Waals surface area contributed by atoms with E-state index in [1.165, 1.54) is 82.7 Å². The van der Waals surface area contributed by atoms with E-state index in [1.807, 2.05) is 67.0 Å². The fraction of sp³-hybridized carbons (Fsp3) is 0.402. The van der Waals surface area contributed by atoms with Crippen molar-refractivity contribution in [2.75, 3.05) is 111 Å². The molecule has 0 bridgehead atoms. The predicted molar refractivity (Wildman–Crippen MR) is 532 cm³/mol. The number of alkyl halides is 4. The van der Waals surface area contributed by atoms with Gasteiger partial charge in [-0.15, -0.1) is 11.3 Å². The Bertz CT molecular complexity index is 6160. The van der Waals surface area contributed by atoms with Gasteiger partial charge in [0, 0.05) is 179 Å². The fourth-order valence-corrected chi connectivity index (χ4v) is 17.4. The van der Waals surface area contributed by atoms with Crippen LogP contribution in [0.2, 0.25) is 5.02 Å². The molecule has 28 nitrogen and oxygen atoms in total. The summed E-state index contributed by atoms with van der Waals surface area (Å²) in [5.41, 5.74) is 12.1. The third-order valence-electron chi connectivity index (χ3n) is 23.0. The van der Waals surface area contributed by atoms with Crippen molar-refractivity contribution in [3.63, 3.8) is 0 Å². The van der Waals surface area contributed by atoms with Gasteiger partial charge in [0.25, 0.3) is 0 Å². The van der Waals surface area contributed by atoms with Gasteiger partial charge in [-0.2, -0.15) is 0 Å². The molecular weight excluding hydrogens is 1810 g/mol. The summed E-state index contributed by atoms with van der Waals surface area (Å²) in [7, 11) is 8.02. The van der Waals surface area contributed by atoms with E-state index in [-0.39, 0.29) is 57.0 Å². The van der Waals surface area contributed by atoms with Gasteiger partial charge >= 0.3 is 0 Å². The summed E-state index contributed by atoms with van der Waals surface area (Å²) in [6.07, 6.45) is 17.1. The van der Waals surface area contributed by atoms with E-state index in [0.29, 0.717) is 135 Å². The molecule has 15 rings (SSSR count). The Balaban J connectivity index is 0.000000164. The number of ether oxygens (including phenoxy) is 4. The van der Waals surface area contributed by atoms with Crippen molar-refractivity contribution in [2.45, 2.75) is 171 Å². The average Bonchev–Trinajstić information content (AvgIpc) is 1.73. The maximum absolute atomic E-state index is 13.5. The second-order valence-corrected chi connectivity index (χ2v) is 38.0. The minimum absolute atomic E-state index is 0.0415. The first-order valence-electron chi connectivity index (χ1n) is 46.0. The summed E-state index contributed by atoms with van der Waals surface area (Å²) in [4.78, 5) is 59.1. The number of aryl methyl sites for hydroxylation is 3. The molecule has 4 unspecified atom stereocenters. The van der Waals surface area contributed by atoms with Gasteiger partial charge in [0.15, 0.2) is 33.1 Å². The highest BCUT2D eigenvalue weighted by Crippen LogP contribution is 2.40. The normalized spacial score (nSPS) is 14.0. The molecule has 7 heterocycles. The van der Waals surface area contributed by atoms with E-state index < -0.39 is 46.1 Å². The van der Waals surface area contributed by atoms with E-state index in [1.54, 1.807) is 125 Å². The highest BCUT2D eigenvalue weighted by molar-refractivity contribution is 7.90. The van der Waals surface area contributed by atoms with Crippen LogP contribution in [0.1, 0.15) is 114 Å². The quantitative estimate of drug-likeness (QED) is 0.0162. The lowest BCUT2D eigenvalue weighted by atomic mass is 9.94. The number of halogens is 5. The van der Waals surface area contributed by atoms with Crippen molar-refractivity contribution in [2.24, 2.45) is 0 Å². The predicted octanol–water partition coefficient (Wildman–Crippen LogP) is 17.2. The van der Waals surface area contributed by atoms with E-state index in [2.05, 4.69) is 116 Å². The molecule has 35 heteroatoms. The molecule has 6 aromatic carbocycles. The van der Waals surface area contributed by atoms with Crippen LogP contribution in [0.15, 0.2) is 193 Å². The third-order valence-corrected chi connectivity index (χ3v) is 25.4. The molecular formula is C102H123ClF4N18O10S2. The maximum Gasteiger partial charge on any atom is 0.245 e. The van der Waals surface area contributed by atoms with Gasteiger partial charge in [-0.05, 0) is 179 Å². The first-order chi connectivity index (χ1) is 65.7. The van der Waals surface area contributed by atoms with Gasteiger partial charge < -0.3 is 75.4 Å². The zero-order valence-electron chi connectivity index (χ0n) is 79.2. The van der Waals surface area contributed by atoms with Gasteiger partial charge in [0.1, 0.15) is 103 Å². The van der Waals surface area contributed by atoms with Crippen LogP contribution in [-0.4, -0.2) is 238 Å². The summed E-state index contributed by atoms with van der Waals surface area (Å²) in [6, 6.07) is 48.2. The molecule has 0 aliphatic heterocycles. The van der Waals surface area contributed by atoms with Gasteiger partial charge in [-0.25, -0.2) is 80.8 Å². The molecule has 2 saturated carbocycles. The number of anilines is 2. The highest BCUT2D eigenvalue weighted by atomic mass is 35.5. The molecule has 0 radical (unpaired) electrons. The number of aliphatic hydroxyl groups excluding tert-OH is 4. The Labute approximate surface area is 807 Å². The van der Waals surface area contributed by atoms with Crippen molar-refractivity contribution < 1.29 is 65.4 Å². The summed E-state index contributed by atoms with van der Waals surface area (Å²) >= 11 is 8.13. The lowest BCUT2D eigenvalue weighted by Crippen LogP contribution is -2.34. The van der Waals surface area contributed by atoms with Crippen LogP contribution in [0.4, 0.5) is 29.2 Å². The topological polar surface area (TPSA) is 364 Å². The standard InChI is InChI=1S/C30H36ClN5O2.C25H29F2N3O4S.C25H33N5O2S.C22H25F2N5O2/c1-19-28(26-17-33-27-12-8-7-11-25(26)27)34-29(35-30(19)36(3)22-9-5-4-6-10-22)20-13-21(31)15-24(14-20)38-18-23(37)16-32-2;1-25(26,27)12-11-19-14-23(17-7-9-22(10-8-17)35(3,32)33)30-24(29-19)18-5-4-6-21(13-18)34-16-20(31)15-28-2;1-17-16-33-25(27-17)22-13-23(30(3)19-9-5-4-6-10-19)29-24(28-22)18-8-7-11-21(12-18)32-15-20(31)14-26-2;1-22(23,24)7-6-17-9-20(16-10-26-14-27-11-16)29-21(28-17)15-4-3-5-19(8-15)31-13-18(30)12-25-2/h7-8,11-15,17,22-23,32-33,37H,4-6,9-10,16,18H2,1-3H3;4-10,13-14,20,28,31H,11-12,15-16H2,1-3H3;7-8,11-13,16,19-20,26,31H,4-6,9-10,14-15H2,1-3H3;3-5,8-11,14,18,25,30H,6-7,12-13H2,1-2H3. The molecule has 13 aromatic rings. The second-order valence-electron chi connectivity index (χ2n) is 34.7. The monoisotopic (exact) mass is 1930 g/mol. The molecule has 728 valence electrons. The molecule has 2 aliphatic carbocycles. The van der Waals surface area contributed by atoms with Crippen LogP contribution in [0.5, 0.6) is 23.0 Å². The van der Waals surface area contributed by atoms with Crippen molar-refractivity contribution >= 4 is 55.3 Å². The Kier molecular flexibility index (Phi) is 38.1. The van der Waals surface area contributed by atoms with E-state index in [0.717, 1.165) is 87.0 Å². The number of hydrogen-bond acceptors (Lipinski definition) is 28. The average molecular weight is 1940 g/mol. The van der Waals surface area contributed by atoms with Gasteiger partial charge in [-0.3, -0.25) is 0 Å². The number of sulfone groups is 1. The summed E-state index contributed by atoms with van der Waals surface area (Å²) < 4.78 is 100. The molecule has 9 N–H and O–H groups in total. The van der Waals surface area contributed by atoms with E-state index >= 15 is 0 Å². The lowest BCUT2D eigenvalue weighted by molar-refractivity contribution is 0.0123. The number of likely N-dealkylation sites (N-methyl/N-ethyl adjacent to an activating group) is 4. The molecule has 4 atom stereocenters. The number of aromatic nitrogens is 12. The highest BCUT2D eigenvalue weighted by Gasteiger charge is 2.29. The largest absolute Gasteiger partial charge is 0.491 e. The number of nitrogens with one attached hydrogen (secondary N) is 5. The van der Waals surface area contributed by atoms with Gasteiger partial charge in [0.05, 0.1) is 22.0 Å². The minimum Gasteiger partial charge on any atom is -0.491 e. The Hall–Kier alpha value is -11.7. The molecule has 0 amide bonds.